The van der Waals surface area contributed by atoms with Crippen LogP contribution < -0.4 is 10.6 Å². The van der Waals surface area contributed by atoms with E-state index in [2.05, 4.69) is 10.3 Å². The second-order valence-corrected chi connectivity index (χ2v) is 10.9. The van der Waals surface area contributed by atoms with Crippen molar-refractivity contribution in [2.75, 3.05) is 6.54 Å². The first-order chi connectivity index (χ1) is 17.9. The predicted molar refractivity (Wildman–Crippen MR) is 140 cm³/mol. The Balaban J connectivity index is 1.80. The van der Waals surface area contributed by atoms with Gasteiger partial charge in [-0.05, 0) is 39.0 Å². The fourth-order valence-electron chi connectivity index (χ4n) is 4.24. The standard InChI is InChI=1S/C25H26ClF3N6O2S/c1-25(2,3)37-24(36)33-14-11-18-19(17(30)6-7-32-23(28)29)20(15-5-4-13(27)10-16(15)26)34-21(35(18)12-14)22-31-8-9-38-22/h4-10,14,20,23,30,32H,11-12H2,1-3H3,(H,33,36)/b7-6-,30-17?/t14-,20-/m0/s1. The number of thiazole rings is 1. The maximum Gasteiger partial charge on any atom is 0.407 e. The summed E-state index contributed by atoms with van der Waals surface area (Å²) in [7, 11) is 0. The van der Waals surface area contributed by atoms with Crippen molar-refractivity contribution >= 4 is 40.6 Å². The zero-order valence-corrected chi connectivity index (χ0v) is 22.3. The summed E-state index contributed by atoms with van der Waals surface area (Å²) in [4.78, 5) is 23.7. The summed E-state index contributed by atoms with van der Waals surface area (Å²) >= 11 is 7.78. The van der Waals surface area contributed by atoms with Crippen molar-refractivity contribution in [1.29, 1.82) is 5.41 Å². The highest BCUT2D eigenvalue weighted by Gasteiger charge is 2.41. The minimum absolute atomic E-state index is 0.0941. The van der Waals surface area contributed by atoms with Gasteiger partial charge in [-0.25, -0.2) is 14.2 Å². The van der Waals surface area contributed by atoms with E-state index < -0.39 is 36.1 Å². The maximum atomic E-state index is 13.9. The molecule has 0 saturated carbocycles. The minimum atomic E-state index is -2.80. The summed E-state index contributed by atoms with van der Waals surface area (Å²) in [5.74, 6) is -0.0340. The highest BCUT2D eigenvalue weighted by Crippen LogP contribution is 2.42. The van der Waals surface area contributed by atoms with E-state index >= 15 is 0 Å². The third-order valence-corrected chi connectivity index (χ3v) is 6.72. The van der Waals surface area contributed by atoms with Crippen LogP contribution in [0.4, 0.5) is 18.0 Å². The Morgan fingerprint density at radius 3 is 2.76 bits per heavy atom. The van der Waals surface area contributed by atoms with Crippen LogP contribution in [0.1, 0.15) is 43.8 Å². The number of halogens is 4. The Bertz CT molecular complexity index is 1310. The number of carbonyl (C=O) groups excluding carboxylic acids is 1. The van der Waals surface area contributed by atoms with Gasteiger partial charge < -0.3 is 25.7 Å². The molecule has 0 radical (unpaired) electrons. The molecule has 0 spiro atoms. The molecular weight excluding hydrogens is 541 g/mol. The van der Waals surface area contributed by atoms with Crippen LogP contribution in [-0.4, -0.2) is 52.3 Å². The third-order valence-electron chi connectivity index (χ3n) is 5.62. The zero-order chi connectivity index (χ0) is 27.6. The highest BCUT2D eigenvalue weighted by atomic mass is 35.5. The van der Waals surface area contributed by atoms with Crippen molar-refractivity contribution in [3.8, 4) is 0 Å². The van der Waals surface area contributed by atoms with E-state index in [-0.39, 0.29) is 10.7 Å². The largest absolute Gasteiger partial charge is 0.444 e. The van der Waals surface area contributed by atoms with Gasteiger partial charge in [0.25, 0.3) is 0 Å². The molecule has 2 aliphatic heterocycles. The SMILES string of the molecule is CC(C)(C)OC(=O)N[C@H]1CC2=C(C(=N)/C=C\NC(F)F)[C@H](c3ccc(F)cc3Cl)N=C(c3nccs3)N2C1. The fourth-order valence-corrected chi connectivity index (χ4v) is 5.15. The van der Waals surface area contributed by atoms with Crippen molar-refractivity contribution in [3.05, 3.63) is 74.7 Å². The van der Waals surface area contributed by atoms with Crippen molar-refractivity contribution in [2.24, 2.45) is 4.99 Å². The molecule has 4 rings (SSSR count). The van der Waals surface area contributed by atoms with E-state index in [1.54, 1.807) is 32.3 Å². The van der Waals surface area contributed by atoms with Gasteiger partial charge in [0, 0.05) is 52.6 Å². The van der Waals surface area contributed by atoms with Gasteiger partial charge in [0.1, 0.15) is 17.5 Å². The van der Waals surface area contributed by atoms with Gasteiger partial charge in [0.05, 0.1) is 11.8 Å². The van der Waals surface area contributed by atoms with E-state index in [9.17, 15) is 18.0 Å². The van der Waals surface area contributed by atoms with Crippen LogP contribution in [0, 0.1) is 11.2 Å². The normalized spacial score (nSPS) is 19.6. The van der Waals surface area contributed by atoms with Crippen molar-refractivity contribution in [3.63, 3.8) is 0 Å². The van der Waals surface area contributed by atoms with Crippen molar-refractivity contribution < 1.29 is 22.7 Å². The maximum absolute atomic E-state index is 13.9. The molecular formula is C25H26ClF3N6O2S. The number of amidine groups is 1. The van der Waals surface area contributed by atoms with Crippen LogP contribution in [0.25, 0.3) is 0 Å². The topological polar surface area (TPSA) is 103 Å². The Morgan fingerprint density at radius 1 is 1.37 bits per heavy atom. The first-order valence-corrected chi connectivity index (χ1v) is 12.9. The highest BCUT2D eigenvalue weighted by molar-refractivity contribution is 7.11. The molecule has 0 bridgehead atoms. The Morgan fingerprint density at radius 2 is 2.13 bits per heavy atom. The first-order valence-electron chi connectivity index (χ1n) is 11.7. The van der Waals surface area contributed by atoms with Crippen LogP contribution in [-0.2, 0) is 4.74 Å². The Hall–Kier alpha value is -3.38. The molecule has 8 nitrogen and oxygen atoms in total. The second kappa shape index (κ2) is 11.2. The summed E-state index contributed by atoms with van der Waals surface area (Å²) in [6, 6.07) is 2.63. The summed E-state index contributed by atoms with van der Waals surface area (Å²) in [6.07, 6.45) is 3.53. The number of benzene rings is 1. The number of alkyl carbamates (subject to hydrolysis) is 1. The summed E-state index contributed by atoms with van der Waals surface area (Å²) in [5.41, 5.74) is 0.682. The van der Waals surface area contributed by atoms with Crippen LogP contribution in [0.2, 0.25) is 5.02 Å². The number of nitrogens with one attached hydrogen (secondary N) is 3. The molecule has 2 aromatic rings. The molecule has 1 saturated heterocycles. The van der Waals surface area contributed by atoms with Crippen LogP contribution in [0.5, 0.6) is 0 Å². The lowest BCUT2D eigenvalue weighted by atomic mass is 9.91. The smallest absolute Gasteiger partial charge is 0.407 e. The molecule has 3 N–H and O–H groups in total. The predicted octanol–water partition coefficient (Wildman–Crippen LogP) is 5.64. The molecule has 2 atom stereocenters. The van der Waals surface area contributed by atoms with Gasteiger partial charge in [-0.15, -0.1) is 11.3 Å². The van der Waals surface area contributed by atoms with E-state index in [0.717, 1.165) is 12.3 Å². The number of rotatable bonds is 7. The molecule has 1 aromatic carbocycles. The summed E-state index contributed by atoms with van der Waals surface area (Å²) < 4.78 is 44.7. The average molecular weight is 567 g/mol. The minimum Gasteiger partial charge on any atom is -0.444 e. The lowest BCUT2D eigenvalue weighted by Crippen LogP contribution is -2.41. The lowest BCUT2D eigenvalue weighted by Gasteiger charge is -2.32. The second-order valence-electron chi connectivity index (χ2n) is 9.59. The van der Waals surface area contributed by atoms with Crippen LogP contribution in [0.3, 0.4) is 0 Å². The number of allylic oxidation sites excluding steroid dienone is 1. The van der Waals surface area contributed by atoms with Crippen molar-refractivity contribution in [2.45, 2.75) is 51.4 Å². The monoisotopic (exact) mass is 566 g/mol. The average Bonchev–Trinajstić information content (AvgIpc) is 3.46. The zero-order valence-electron chi connectivity index (χ0n) is 20.8. The lowest BCUT2D eigenvalue weighted by molar-refractivity contribution is 0.0507. The molecule has 0 aliphatic carbocycles. The number of ether oxygens (including phenoxy) is 1. The number of hydrogen-bond donors (Lipinski definition) is 3. The number of hydrogen-bond acceptors (Lipinski definition) is 8. The molecule has 0 unspecified atom stereocenters. The number of alkyl halides is 2. The quantitative estimate of drug-likeness (QED) is 0.297. The van der Waals surface area contributed by atoms with E-state index in [4.69, 9.17) is 26.7 Å². The van der Waals surface area contributed by atoms with Gasteiger partial charge in [-0.3, -0.25) is 4.99 Å². The Kier molecular flexibility index (Phi) is 8.12. The van der Waals surface area contributed by atoms with Gasteiger partial charge in [0.15, 0.2) is 10.8 Å². The van der Waals surface area contributed by atoms with Crippen molar-refractivity contribution in [1.82, 2.24) is 20.5 Å². The van der Waals surface area contributed by atoms with E-state index in [1.807, 2.05) is 10.2 Å². The number of fused-ring (bicyclic) bond motifs is 1. The van der Waals surface area contributed by atoms with Crippen LogP contribution >= 0.6 is 22.9 Å². The molecule has 1 fully saturated rings. The van der Waals surface area contributed by atoms with Gasteiger partial charge in [-0.2, -0.15) is 8.78 Å². The number of aromatic nitrogens is 1. The van der Waals surface area contributed by atoms with E-state index in [0.29, 0.717) is 40.6 Å². The van der Waals surface area contributed by atoms with Crippen LogP contribution in [0.15, 0.2) is 58.3 Å². The molecule has 38 heavy (non-hydrogen) atoms. The van der Waals surface area contributed by atoms with Gasteiger partial charge in [0.2, 0.25) is 0 Å². The third kappa shape index (κ3) is 6.36. The van der Waals surface area contributed by atoms with E-state index in [1.165, 1.54) is 29.5 Å². The Labute approximate surface area is 226 Å². The van der Waals surface area contributed by atoms with Gasteiger partial charge in [-0.1, -0.05) is 17.7 Å². The molecule has 3 heterocycles. The van der Waals surface area contributed by atoms with Gasteiger partial charge >= 0.3 is 12.6 Å². The summed E-state index contributed by atoms with van der Waals surface area (Å²) in [5, 5.41) is 16.0. The number of nitrogens with zero attached hydrogens (tertiary/aromatic N) is 3. The summed E-state index contributed by atoms with van der Waals surface area (Å²) in [6.45, 7) is 2.79. The number of carbonyl (C=O) groups is 1. The molecule has 2 aliphatic rings. The molecule has 202 valence electrons. The molecule has 1 aromatic heterocycles. The molecule has 13 heteroatoms. The molecule has 1 amide bonds. The number of aliphatic imine (C=N–C) groups is 1. The fraction of sp³-hybridized carbons (Fsp3) is 0.360. The first kappa shape index (κ1) is 27.6. The number of amides is 1.